The molecule has 0 unspecified atom stereocenters. The molecule has 1 saturated heterocycles. The lowest BCUT2D eigenvalue weighted by molar-refractivity contribution is 0.227. The first-order chi connectivity index (χ1) is 8.24. The smallest absolute Gasteiger partial charge is 0.123 e. The monoisotopic (exact) mass is 270 g/mol. The second-order valence-electron chi connectivity index (χ2n) is 4.57. The zero-order chi connectivity index (χ0) is 12.1. The van der Waals surface area contributed by atoms with Crippen molar-refractivity contribution >= 4 is 18.5 Å². The molecule has 0 spiro atoms. The lowest BCUT2D eigenvalue weighted by Gasteiger charge is -2.30. The van der Waals surface area contributed by atoms with Crippen molar-refractivity contribution in [2.24, 2.45) is 0 Å². The SMILES string of the molecule is C[C@H]1CN(C/C=C/c2ccc(F)cc2)CCN1.Cl. The van der Waals surface area contributed by atoms with Crippen molar-refractivity contribution in [3.63, 3.8) is 0 Å². The molecule has 2 rings (SSSR count). The van der Waals surface area contributed by atoms with E-state index in [0.29, 0.717) is 6.04 Å². The van der Waals surface area contributed by atoms with Crippen LogP contribution in [0.2, 0.25) is 0 Å². The first kappa shape index (κ1) is 15.2. The number of nitrogens with zero attached hydrogens (tertiary/aromatic N) is 1. The minimum absolute atomic E-state index is 0. The highest BCUT2D eigenvalue weighted by Crippen LogP contribution is 2.05. The summed E-state index contributed by atoms with van der Waals surface area (Å²) in [6.45, 7) is 6.41. The van der Waals surface area contributed by atoms with E-state index in [1.807, 2.05) is 6.08 Å². The van der Waals surface area contributed by atoms with Crippen molar-refractivity contribution in [1.29, 1.82) is 0 Å². The van der Waals surface area contributed by atoms with Crippen LogP contribution >= 0.6 is 12.4 Å². The molecule has 1 N–H and O–H groups in total. The summed E-state index contributed by atoms with van der Waals surface area (Å²) in [5, 5.41) is 3.42. The summed E-state index contributed by atoms with van der Waals surface area (Å²) < 4.78 is 12.7. The third-order valence-electron chi connectivity index (χ3n) is 3.00. The summed E-state index contributed by atoms with van der Waals surface area (Å²) in [4.78, 5) is 2.42. The van der Waals surface area contributed by atoms with Gasteiger partial charge in [-0.1, -0.05) is 24.3 Å². The fraction of sp³-hybridized carbons (Fsp3) is 0.429. The summed E-state index contributed by atoms with van der Waals surface area (Å²) in [5.74, 6) is -0.182. The molecule has 1 aliphatic heterocycles. The van der Waals surface area contributed by atoms with Crippen molar-refractivity contribution in [3.05, 3.63) is 41.7 Å². The minimum atomic E-state index is -0.182. The van der Waals surface area contributed by atoms with E-state index in [-0.39, 0.29) is 18.2 Å². The molecule has 0 saturated carbocycles. The maximum Gasteiger partial charge on any atom is 0.123 e. The Morgan fingerprint density at radius 3 is 2.78 bits per heavy atom. The molecule has 0 aliphatic carbocycles. The van der Waals surface area contributed by atoms with Gasteiger partial charge in [0.25, 0.3) is 0 Å². The molecule has 0 amide bonds. The van der Waals surface area contributed by atoms with Gasteiger partial charge in [0.15, 0.2) is 0 Å². The maximum atomic E-state index is 12.7. The Hall–Kier alpha value is -0.900. The summed E-state index contributed by atoms with van der Waals surface area (Å²) in [6, 6.07) is 7.15. The Balaban J connectivity index is 0.00000162. The number of hydrogen-bond donors (Lipinski definition) is 1. The van der Waals surface area contributed by atoms with Gasteiger partial charge in [-0.3, -0.25) is 4.90 Å². The van der Waals surface area contributed by atoms with Crippen LogP contribution in [0.15, 0.2) is 30.3 Å². The van der Waals surface area contributed by atoms with Crippen LogP contribution in [-0.2, 0) is 0 Å². The first-order valence-electron chi connectivity index (χ1n) is 6.12. The fourth-order valence-electron chi connectivity index (χ4n) is 2.09. The van der Waals surface area contributed by atoms with Crippen LogP contribution < -0.4 is 5.32 Å². The topological polar surface area (TPSA) is 15.3 Å². The number of piperazine rings is 1. The highest BCUT2D eigenvalue weighted by atomic mass is 35.5. The zero-order valence-electron chi connectivity index (χ0n) is 10.6. The minimum Gasteiger partial charge on any atom is -0.312 e. The van der Waals surface area contributed by atoms with Crippen LogP contribution in [0.4, 0.5) is 4.39 Å². The second-order valence-corrected chi connectivity index (χ2v) is 4.57. The van der Waals surface area contributed by atoms with Crippen molar-refractivity contribution in [2.45, 2.75) is 13.0 Å². The lowest BCUT2D eigenvalue weighted by atomic mass is 10.2. The van der Waals surface area contributed by atoms with Crippen molar-refractivity contribution in [3.8, 4) is 0 Å². The van der Waals surface area contributed by atoms with Gasteiger partial charge in [0, 0.05) is 32.2 Å². The molecule has 0 bridgehead atoms. The highest BCUT2D eigenvalue weighted by Gasteiger charge is 2.13. The Bertz CT molecular complexity index is 378. The number of rotatable bonds is 3. The predicted molar refractivity (Wildman–Crippen MR) is 76.6 cm³/mol. The van der Waals surface area contributed by atoms with E-state index in [4.69, 9.17) is 0 Å². The van der Waals surface area contributed by atoms with Gasteiger partial charge in [0.05, 0.1) is 0 Å². The lowest BCUT2D eigenvalue weighted by Crippen LogP contribution is -2.49. The molecule has 2 nitrogen and oxygen atoms in total. The van der Waals surface area contributed by atoms with Crippen molar-refractivity contribution in [1.82, 2.24) is 10.2 Å². The molecule has 0 aromatic heterocycles. The van der Waals surface area contributed by atoms with Gasteiger partial charge in [-0.15, -0.1) is 12.4 Å². The van der Waals surface area contributed by atoms with Crippen LogP contribution in [0.1, 0.15) is 12.5 Å². The van der Waals surface area contributed by atoms with Crippen LogP contribution in [-0.4, -0.2) is 37.1 Å². The van der Waals surface area contributed by atoms with Crippen molar-refractivity contribution < 1.29 is 4.39 Å². The molecule has 1 aromatic carbocycles. The molecule has 1 aromatic rings. The summed E-state index contributed by atoms with van der Waals surface area (Å²) >= 11 is 0. The summed E-state index contributed by atoms with van der Waals surface area (Å²) in [6.07, 6.45) is 4.19. The van der Waals surface area contributed by atoms with E-state index in [1.165, 1.54) is 12.1 Å². The van der Waals surface area contributed by atoms with Crippen LogP contribution in [0.3, 0.4) is 0 Å². The van der Waals surface area contributed by atoms with Gasteiger partial charge >= 0.3 is 0 Å². The standard InChI is InChI=1S/C14H19FN2.ClH/c1-12-11-17(10-8-16-12)9-2-3-13-4-6-14(15)7-5-13;/h2-7,12,16H,8-11H2,1H3;1H/b3-2+;/t12-;/m0./s1. The fourth-order valence-corrected chi connectivity index (χ4v) is 2.09. The molecule has 1 fully saturated rings. The first-order valence-corrected chi connectivity index (χ1v) is 6.12. The average molecular weight is 271 g/mol. The number of benzene rings is 1. The molecule has 1 aliphatic rings. The Morgan fingerprint density at radius 1 is 1.39 bits per heavy atom. The normalized spacial score (nSPS) is 20.9. The summed E-state index contributed by atoms with van der Waals surface area (Å²) in [7, 11) is 0. The van der Waals surface area contributed by atoms with E-state index < -0.39 is 0 Å². The quantitative estimate of drug-likeness (QED) is 0.908. The Labute approximate surface area is 114 Å². The van der Waals surface area contributed by atoms with Gasteiger partial charge in [-0.25, -0.2) is 4.39 Å². The predicted octanol–water partition coefficient (Wildman–Crippen LogP) is 2.55. The molecular weight excluding hydrogens is 251 g/mol. The Kier molecular flexibility index (Phi) is 6.33. The van der Waals surface area contributed by atoms with Gasteiger partial charge in [-0.2, -0.15) is 0 Å². The molecule has 1 heterocycles. The second kappa shape index (κ2) is 7.52. The molecule has 1 atom stereocenters. The number of halogens is 2. The molecule has 0 radical (unpaired) electrons. The van der Waals surface area contributed by atoms with Gasteiger partial charge in [0.2, 0.25) is 0 Å². The van der Waals surface area contributed by atoms with E-state index in [9.17, 15) is 4.39 Å². The summed E-state index contributed by atoms with van der Waals surface area (Å²) in [5.41, 5.74) is 1.05. The molecule has 18 heavy (non-hydrogen) atoms. The number of hydrogen-bond acceptors (Lipinski definition) is 2. The molecule has 100 valence electrons. The molecule has 4 heteroatoms. The van der Waals surface area contributed by atoms with Crippen molar-refractivity contribution in [2.75, 3.05) is 26.2 Å². The third-order valence-corrected chi connectivity index (χ3v) is 3.00. The highest BCUT2D eigenvalue weighted by molar-refractivity contribution is 5.85. The van der Waals surface area contributed by atoms with Crippen LogP contribution in [0, 0.1) is 5.82 Å². The molecular formula is C14H20ClFN2. The maximum absolute atomic E-state index is 12.7. The van der Waals surface area contributed by atoms with E-state index in [2.05, 4.69) is 23.2 Å². The van der Waals surface area contributed by atoms with Crippen LogP contribution in [0.5, 0.6) is 0 Å². The van der Waals surface area contributed by atoms with Gasteiger partial charge in [-0.05, 0) is 24.6 Å². The van der Waals surface area contributed by atoms with E-state index in [0.717, 1.165) is 31.7 Å². The third kappa shape index (κ3) is 4.77. The van der Waals surface area contributed by atoms with Gasteiger partial charge < -0.3 is 5.32 Å². The van der Waals surface area contributed by atoms with E-state index in [1.54, 1.807) is 12.1 Å². The van der Waals surface area contributed by atoms with E-state index >= 15 is 0 Å². The largest absolute Gasteiger partial charge is 0.312 e. The number of nitrogens with one attached hydrogen (secondary N) is 1. The van der Waals surface area contributed by atoms with Crippen LogP contribution in [0.25, 0.3) is 6.08 Å². The van der Waals surface area contributed by atoms with Gasteiger partial charge in [0.1, 0.15) is 5.82 Å². The average Bonchev–Trinajstić information content (AvgIpc) is 2.32. The zero-order valence-corrected chi connectivity index (χ0v) is 11.4. The Morgan fingerprint density at radius 2 is 2.11 bits per heavy atom.